The van der Waals surface area contributed by atoms with Gasteiger partial charge in [0.15, 0.2) is 5.78 Å². The Bertz CT molecular complexity index is 1220. The minimum atomic E-state index is -1.10. The standard InChI is InChI=1S/C28H32ClFN2O6S/c1-16(2)27(32-25(34)13-19-12-18(9-11-26(35)36)8-10-24(19)38-4)28(37)31-17(3)23(33)15-39-14-20-21(29)6-5-7-22(20)30/h5-12,16-17,27H,13-15H2,1-4H3,(H,31,37)(H,32,34)(H,35,36)/b11-9+/t17-,27-/m0/s1. The van der Waals surface area contributed by atoms with E-state index in [9.17, 15) is 23.6 Å². The number of thioether (sulfide) groups is 1. The fourth-order valence-electron chi connectivity index (χ4n) is 3.57. The molecule has 0 saturated carbocycles. The van der Waals surface area contributed by atoms with Gasteiger partial charge < -0.3 is 20.5 Å². The maximum absolute atomic E-state index is 13.9. The molecule has 39 heavy (non-hydrogen) atoms. The highest BCUT2D eigenvalue weighted by Gasteiger charge is 2.27. The van der Waals surface area contributed by atoms with Crippen molar-refractivity contribution in [3.8, 4) is 5.75 Å². The molecular formula is C28H32ClFN2O6S. The number of amides is 2. The van der Waals surface area contributed by atoms with Crippen LogP contribution in [0, 0.1) is 11.7 Å². The summed E-state index contributed by atoms with van der Waals surface area (Å²) in [6.45, 7) is 5.09. The van der Waals surface area contributed by atoms with Crippen LogP contribution in [0.1, 0.15) is 37.5 Å². The van der Waals surface area contributed by atoms with Gasteiger partial charge in [0.05, 0.1) is 25.3 Å². The predicted octanol–water partition coefficient (Wildman–Crippen LogP) is 4.28. The van der Waals surface area contributed by atoms with E-state index in [0.717, 1.165) is 6.08 Å². The van der Waals surface area contributed by atoms with Crippen LogP contribution in [-0.4, -0.2) is 53.6 Å². The van der Waals surface area contributed by atoms with Crippen LogP contribution in [-0.2, 0) is 31.4 Å². The Morgan fingerprint density at radius 2 is 1.85 bits per heavy atom. The third-order valence-electron chi connectivity index (χ3n) is 5.73. The summed E-state index contributed by atoms with van der Waals surface area (Å²) < 4.78 is 19.2. The number of carboxylic acid groups (broad SMARTS) is 1. The SMILES string of the molecule is COc1ccc(/C=C/C(=O)O)cc1CC(=O)N[C@H](C(=O)N[C@@H](C)C(=O)CSCc1c(F)cccc1Cl)C(C)C. The zero-order valence-electron chi connectivity index (χ0n) is 22.1. The molecule has 0 fully saturated rings. The summed E-state index contributed by atoms with van der Waals surface area (Å²) >= 11 is 7.21. The average molecular weight is 579 g/mol. The van der Waals surface area contributed by atoms with Gasteiger partial charge in [0.25, 0.3) is 0 Å². The summed E-state index contributed by atoms with van der Waals surface area (Å²) in [6.07, 6.45) is 2.27. The molecule has 2 aromatic rings. The van der Waals surface area contributed by atoms with Gasteiger partial charge in [-0.1, -0.05) is 37.6 Å². The first kappa shape index (κ1) is 31.8. The number of ether oxygens (including phenoxy) is 1. The number of carbonyl (C=O) groups excluding carboxylic acids is 3. The van der Waals surface area contributed by atoms with Gasteiger partial charge in [0, 0.05) is 28.0 Å². The van der Waals surface area contributed by atoms with Crippen molar-refractivity contribution in [1.82, 2.24) is 10.6 Å². The molecule has 0 bridgehead atoms. The van der Waals surface area contributed by atoms with E-state index in [0.29, 0.717) is 22.4 Å². The second-order valence-electron chi connectivity index (χ2n) is 9.10. The molecule has 11 heteroatoms. The number of hydrogen-bond donors (Lipinski definition) is 3. The number of hydrogen-bond acceptors (Lipinski definition) is 6. The highest BCUT2D eigenvalue weighted by molar-refractivity contribution is 7.99. The Morgan fingerprint density at radius 1 is 1.13 bits per heavy atom. The molecule has 2 atom stereocenters. The van der Waals surface area contributed by atoms with Crippen LogP contribution in [0.2, 0.25) is 5.02 Å². The van der Waals surface area contributed by atoms with Gasteiger partial charge in [0.1, 0.15) is 17.6 Å². The second-order valence-corrected chi connectivity index (χ2v) is 10.5. The van der Waals surface area contributed by atoms with Crippen LogP contribution < -0.4 is 15.4 Å². The lowest BCUT2D eigenvalue weighted by atomic mass is 10.0. The minimum Gasteiger partial charge on any atom is -0.496 e. The first-order valence-corrected chi connectivity index (χ1v) is 13.7. The van der Waals surface area contributed by atoms with Crippen LogP contribution >= 0.6 is 23.4 Å². The van der Waals surface area contributed by atoms with Crippen molar-refractivity contribution in [1.29, 1.82) is 0 Å². The van der Waals surface area contributed by atoms with Crippen LogP contribution in [0.3, 0.4) is 0 Å². The molecular weight excluding hydrogens is 547 g/mol. The van der Waals surface area contributed by atoms with Crippen molar-refractivity contribution in [2.75, 3.05) is 12.9 Å². The normalized spacial score (nSPS) is 12.7. The van der Waals surface area contributed by atoms with E-state index in [1.807, 2.05) is 0 Å². The molecule has 8 nitrogen and oxygen atoms in total. The number of halogens is 2. The third kappa shape index (κ3) is 10.0. The highest BCUT2D eigenvalue weighted by Crippen LogP contribution is 2.24. The Labute approximate surface area is 236 Å². The van der Waals surface area contributed by atoms with E-state index >= 15 is 0 Å². The van der Waals surface area contributed by atoms with Crippen molar-refractivity contribution in [2.24, 2.45) is 5.92 Å². The number of carboxylic acids is 1. The molecule has 0 heterocycles. The molecule has 0 unspecified atom stereocenters. The summed E-state index contributed by atoms with van der Waals surface area (Å²) in [5, 5.41) is 14.5. The predicted molar refractivity (Wildman–Crippen MR) is 150 cm³/mol. The van der Waals surface area contributed by atoms with Crippen molar-refractivity contribution in [2.45, 2.75) is 45.0 Å². The van der Waals surface area contributed by atoms with Gasteiger partial charge >= 0.3 is 5.97 Å². The lowest BCUT2D eigenvalue weighted by Crippen LogP contribution is -2.53. The molecule has 210 valence electrons. The molecule has 0 saturated heterocycles. The van der Waals surface area contributed by atoms with E-state index in [1.54, 1.807) is 45.0 Å². The zero-order valence-corrected chi connectivity index (χ0v) is 23.7. The number of Topliss-reactive ketones (excluding diaryl/α,β-unsaturated/α-hetero) is 1. The minimum absolute atomic E-state index is 0.0390. The quantitative estimate of drug-likeness (QED) is 0.286. The van der Waals surface area contributed by atoms with Gasteiger partial charge in [-0.3, -0.25) is 14.4 Å². The summed E-state index contributed by atoms with van der Waals surface area (Å²) in [5.74, 6) is -2.35. The molecule has 0 aromatic heterocycles. The number of rotatable bonds is 14. The first-order chi connectivity index (χ1) is 18.4. The summed E-state index contributed by atoms with van der Waals surface area (Å²) in [4.78, 5) is 49.2. The molecule has 0 aliphatic rings. The van der Waals surface area contributed by atoms with E-state index < -0.39 is 35.7 Å². The van der Waals surface area contributed by atoms with Crippen molar-refractivity contribution >= 4 is 53.0 Å². The third-order valence-corrected chi connectivity index (χ3v) is 7.07. The van der Waals surface area contributed by atoms with Crippen LogP contribution in [0.5, 0.6) is 5.75 Å². The molecule has 3 N–H and O–H groups in total. The molecule has 0 spiro atoms. The largest absolute Gasteiger partial charge is 0.496 e. The Hall–Kier alpha value is -3.37. The van der Waals surface area contributed by atoms with E-state index in [-0.39, 0.29) is 34.7 Å². The highest BCUT2D eigenvalue weighted by atomic mass is 35.5. The second kappa shape index (κ2) is 15.3. The van der Waals surface area contributed by atoms with Crippen LogP contribution in [0.15, 0.2) is 42.5 Å². The van der Waals surface area contributed by atoms with Gasteiger partial charge in [-0.15, -0.1) is 11.8 Å². The van der Waals surface area contributed by atoms with Crippen molar-refractivity contribution < 1.29 is 33.4 Å². The van der Waals surface area contributed by atoms with E-state index in [2.05, 4.69) is 10.6 Å². The van der Waals surface area contributed by atoms with Crippen LogP contribution in [0.25, 0.3) is 6.08 Å². The molecule has 2 aromatic carbocycles. The Balaban J connectivity index is 1.98. The molecule has 2 amide bonds. The maximum atomic E-state index is 13.9. The smallest absolute Gasteiger partial charge is 0.328 e. The molecule has 0 aliphatic heterocycles. The van der Waals surface area contributed by atoms with E-state index in [4.69, 9.17) is 21.4 Å². The lowest BCUT2D eigenvalue weighted by molar-refractivity contribution is -0.131. The average Bonchev–Trinajstić information content (AvgIpc) is 2.87. The van der Waals surface area contributed by atoms with Crippen LogP contribution in [0.4, 0.5) is 4.39 Å². The zero-order chi connectivity index (χ0) is 29.1. The van der Waals surface area contributed by atoms with E-state index in [1.165, 1.54) is 37.1 Å². The lowest BCUT2D eigenvalue weighted by Gasteiger charge is -2.24. The Morgan fingerprint density at radius 3 is 2.46 bits per heavy atom. The maximum Gasteiger partial charge on any atom is 0.328 e. The van der Waals surface area contributed by atoms with Crippen molar-refractivity contribution in [3.05, 3.63) is 70.0 Å². The summed E-state index contributed by atoms with van der Waals surface area (Å²) in [7, 11) is 1.45. The molecule has 0 radical (unpaired) electrons. The fraction of sp³-hybridized carbons (Fsp3) is 0.357. The number of carbonyl (C=O) groups is 4. The van der Waals surface area contributed by atoms with Gasteiger partial charge in [-0.05, 0) is 48.7 Å². The topological polar surface area (TPSA) is 122 Å². The van der Waals surface area contributed by atoms with Gasteiger partial charge in [-0.25, -0.2) is 9.18 Å². The summed E-state index contributed by atoms with van der Waals surface area (Å²) in [6, 6.07) is 7.58. The number of nitrogens with one attached hydrogen (secondary N) is 2. The van der Waals surface area contributed by atoms with Gasteiger partial charge in [0.2, 0.25) is 11.8 Å². The number of methoxy groups -OCH3 is 1. The monoisotopic (exact) mass is 578 g/mol. The molecule has 2 rings (SSSR count). The fourth-order valence-corrected chi connectivity index (χ4v) is 4.93. The number of ketones is 1. The van der Waals surface area contributed by atoms with Gasteiger partial charge in [-0.2, -0.15) is 0 Å². The van der Waals surface area contributed by atoms with Crippen molar-refractivity contribution in [3.63, 3.8) is 0 Å². The Kier molecular flexibility index (Phi) is 12.5. The molecule has 0 aliphatic carbocycles. The first-order valence-electron chi connectivity index (χ1n) is 12.1. The summed E-state index contributed by atoms with van der Waals surface area (Å²) in [5.41, 5.74) is 1.40. The number of aliphatic carboxylic acids is 1. The number of benzene rings is 2.